The average Bonchev–Trinajstić information content (AvgIpc) is 3.46. The van der Waals surface area contributed by atoms with Crippen molar-refractivity contribution in [2.75, 3.05) is 25.6 Å². The highest BCUT2D eigenvalue weighted by Gasteiger charge is 2.38. The number of hydrogen-bond donors (Lipinski definition) is 9. The zero-order chi connectivity index (χ0) is 38.7. The molecule has 2 heterocycles. The number of aliphatic hydroxyl groups is 1. The topological polar surface area (TPSA) is 288 Å². The first kappa shape index (κ1) is 41.5. The number of rotatable bonds is 17. The number of phenols is 1. The third kappa shape index (κ3) is 11.6. The number of hydrogen-bond acceptors (Lipinski definition) is 12. The van der Waals surface area contributed by atoms with Gasteiger partial charge in [0.05, 0.1) is 18.2 Å². The number of benzene rings is 1. The molecule has 52 heavy (non-hydrogen) atoms. The summed E-state index contributed by atoms with van der Waals surface area (Å²) in [6, 6.07) is -0.0259. The van der Waals surface area contributed by atoms with Crippen LogP contribution < -0.4 is 38.2 Å². The van der Waals surface area contributed by atoms with E-state index in [9.17, 15) is 48.9 Å². The number of aromatic nitrogens is 2. The summed E-state index contributed by atoms with van der Waals surface area (Å²) in [6.45, 7) is 2.79. The zero-order valence-corrected chi connectivity index (χ0v) is 29.9. The lowest BCUT2D eigenvalue weighted by atomic mass is 10.0. The number of phenolic OH excluding ortho intramolecular Hbond substituents is 1. The highest BCUT2D eigenvalue weighted by molar-refractivity contribution is 7.98. The minimum atomic E-state index is -1.40. The van der Waals surface area contributed by atoms with Crippen molar-refractivity contribution < 1.29 is 44.0 Å². The molecule has 10 N–H and O–H groups in total. The van der Waals surface area contributed by atoms with Crippen molar-refractivity contribution >= 4 is 41.5 Å². The van der Waals surface area contributed by atoms with Crippen LogP contribution in [-0.4, -0.2) is 128 Å². The quantitative estimate of drug-likeness (QED) is 0.0831. The number of carboxylic acid groups (broad SMARTS) is 1. The number of aromatic hydroxyl groups is 1. The number of nitrogens with one attached hydrogen (secondary N) is 5. The van der Waals surface area contributed by atoms with E-state index in [2.05, 4.69) is 26.3 Å². The van der Waals surface area contributed by atoms with Gasteiger partial charge in [-0.1, -0.05) is 12.1 Å². The Balaban J connectivity index is 1.75. The van der Waals surface area contributed by atoms with Crippen LogP contribution in [0.25, 0.3) is 0 Å². The molecule has 1 aliphatic rings. The van der Waals surface area contributed by atoms with Crippen molar-refractivity contribution in [2.24, 2.45) is 5.73 Å². The van der Waals surface area contributed by atoms with Crippen LogP contribution in [0.4, 0.5) is 4.79 Å². The maximum absolute atomic E-state index is 13.7. The van der Waals surface area contributed by atoms with Crippen LogP contribution in [0.15, 0.2) is 46.1 Å². The number of carbonyl (C=O) groups is 5. The number of nitrogens with two attached hydrogens (primary N) is 1. The minimum absolute atomic E-state index is 0.00599. The normalized spacial score (nSPS) is 19.7. The van der Waals surface area contributed by atoms with Gasteiger partial charge in [-0.25, -0.2) is 14.4 Å². The summed E-state index contributed by atoms with van der Waals surface area (Å²) >= 11 is 1.38. The minimum Gasteiger partial charge on any atom is -0.508 e. The Labute approximate surface area is 302 Å². The number of carboxylic acids is 1. The number of urea groups is 1. The molecule has 1 aromatic heterocycles. The van der Waals surface area contributed by atoms with Crippen molar-refractivity contribution in [1.82, 2.24) is 35.7 Å². The van der Waals surface area contributed by atoms with Gasteiger partial charge in [-0.3, -0.25) is 28.7 Å². The van der Waals surface area contributed by atoms with E-state index in [1.807, 2.05) is 0 Å². The van der Waals surface area contributed by atoms with Gasteiger partial charge in [0.2, 0.25) is 17.7 Å². The lowest BCUT2D eigenvalue weighted by Gasteiger charge is -2.33. The fraction of sp³-hybridized carbons (Fsp3) is 0.531. The number of amides is 5. The van der Waals surface area contributed by atoms with E-state index in [0.717, 1.165) is 10.6 Å². The Morgan fingerprint density at radius 3 is 2.31 bits per heavy atom. The van der Waals surface area contributed by atoms with Gasteiger partial charge in [-0.15, -0.1) is 0 Å². The molecule has 286 valence electrons. The smallest absolute Gasteiger partial charge is 0.330 e. The van der Waals surface area contributed by atoms with Gasteiger partial charge in [0.1, 0.15) is 30.0 Å². The second-order valence-corrected chi connectivity index (χ2v) is 13.4. The van der Waals surface area contributed by atoms with Gasteiger partial charge in [0.25, 0.3) is 5.56 Å². The fourth-order valence-corrected chi connectivity index (χ4v) is 5.87. The van der Waals surface area contributed by atoms with E-state index >= 15 is 0 Å². The second kappa shape index (κ2) is 19.1. The van der Waals surface area contributed by atoms with Crippen molar-refractivity contribution in [3.8, 4) is 5.75 Å². The molecule has 1 aliphatic heterocycles. The van der Waals surface area contributed by atoms with Crippen LogP contribution in [0.5, 0.6) is 5.75 Å². The molecular formula is C32H46N8O11S. The van der Waals surface area contributed by atoms with E-state index < -0.39 is 89.6 Å². The summed E-state index contributed by atoms with van der Waals surface area (Å²) in [6.07, 6.45) is -0.166. The molecule has 5 amide bonds. The maximum atomic E-state index is 13.7. The van der Waals surface area contributed by atoms with Gasteiger partial charge in [0.15, 0.2) is 6.23 Å². The molecular weight excluding hydrogens is 704 g/mol. The standard InChI is InChI=1S/C32H46N8O11S/c1-16(33)28(46)39(3)17(2)25(27(45)34-15-20-14-23(42)29(51-20)40-11-9-24(43)37-32(40)50)38-26(44)21(10-12-52-4)35-31(49)36-22(30(47)48)13-18-5-7-19(41)8-6-18/h5-9,11,16-17,20-23,25,29,41-42H,10,12-15,33H2,1-4H3,(H,34,45)(H,38,44)(H,47,48)(H2,35,36,49)(H,37,43,50)/t16-,17+,20-,21+,22+,23-,25+,29-/m1/s1. The second-order valence-electron chi connectivity index (χ2n) is 12.4. The number of thioether (sulfide) groups is 1. The SMILES string of the molecule is CSCC[C@H](NC(=O)N[C@@H](Cc1ccc(O)cc1)C(=O)O)C(=O)N[C@H](C(=O)NC[C@H]1C[C@@H](O)[C@H](n2ccc(=O)[nH]c2=O)O1)[C@H](C)N(C)C(=O)[C@@H](C)N. The molecule has 0 saturated carbocycles. The van der Waals surface area contributed by atoms with Crippen molar-refractivity contribution in [3.63, 3.8) is 0 Å². The predicted octanol–water partition coefficient (Wildman–Crippen LogP) is -2.20. The summed E-state index contributed by atoms with van der Waals surface area (Å²) in [5, 5.41) is 39.9. The molecule has 3 rings (SSSR count). The number of aromatic amines is 1. The molecule has 0 spiro atoms. The van der Waals surface area contributed by atoms with Gasteiger partial charge in [0, 0.05) is 38.7 Å². The molecule has 1 saturated heterocycles. The van der Waals surface area contributed by atoms with E-state index in [1.54, 1.807) is 6.26 Å². The molecule has 2 aromatic rings. The highest BCUT2D eigenvalue weighted by atomic mass is 32.2. The van der Waals surface area contributed by atoms with Crippen LogP contribution in [0.2, 0.25) is 0 Å². The van der Waals surface area contributed by atoms with E-state index in [4.69, 9.17) is 10.5 Å². The molecule has 8 atom stereocenters. The van der Waals surface area contributed by atoms with Crippen molar-refractivity contribution in [3.05, 3.63) is 62.9 Å². The molecule has 0 unspecified atom stereocenters. The van der Waals surface area contributed by atoms with E-state index in [0.29, 0.717) is 11.3 Å². The molecule has 0 radical (unpaired) electrons. The first-order chi connectivity index (χ1) is 24.5. The van der Waals surface area contributed by atoms with Crippen LogP contribution in [-0.2, 0) is 30.3 Å². The largest absolute Gasteiger partial charge is 0.508 e. The van der Waals surface area contributed by atoms with Crippen LogP contribution in [0.1, 0.15) is 38.5 Å². The molecule has 0 aliphatic carbocycles. The number of aliphatic carboxylic acids is 1. The Morgan fingerprint density at radius 1 is 1.06 bits per heavy atom. The monoisotopic (exact) mass is 750 g/mol. The lowest BCUT2D eigenvalue weighted by molar-refractivity contribution is -0.139. The van der Waals surface area contributed by atoms with Crippen molar-refractivity contribution in [1.29, 1.82) is 0 Å². The molecule has 0 bridgehead atoms. The number of likely N-dealkylation sites (N-methyl/N-ethyl adjacent to an activating group) is 1. The maximum Gasteiger partial charge on any atom is 0.330 e. The number of nitrogens with zero attached hydrogens (tertiary/aromatic N) is 2. The molecule has 19 nitrogen and oxygen atoms in total. The summed E-state index contributed by atoms with van der Waals surface area (Å²) in [5.41, 5.74) is 4.88. The van der Waals surface area contributed by atoms with Gasteiger partial charge in [-0.2, -0.15) is 11.8 Å². The van der Waals surface area contributed by atoms with Gasteiger partial charge >= 0.3 is 17.7 Å². The zero-order valence-electron chi connectivity index (χ0n) is 29.1. The number of aliphatic hydroxyl groups excluding tert-OH is 1. The Hall–Kier alpha value is -4.92. The van der Waals surface area contributed by atoms with Gasteiger partial charge < -0.3 is 52.0 Å². The molecule has 20 heteroatoms. The Kier molecular flexibility index (Phi) is 15.2. The third-order valence-corrected chi connectivity index (χ3v) is 9.06. The Morgan fingerprint density at radius 2 is 1.71 bits per heavy atom. The van der Waals surface area contributed by atoms with E-state index in [1.165, 1.54) is 68.0 Å². The average molecular weight is 751 g/mol. The van der Waals surface area contributed by atoms with Gasteiger partial charge in [-0.05, 0) is 50.0 Å². The highest BCUT2D eigenvalue weighted by Crippen LogP contribution is 2.27. The lowest BCUT2D eigenvalue weighted by Crippen LogP contribution is -2.62. The number of ether oxygens (including phenoxy) is 1. The van der Waals surface area contributed by atoms with Crippen molar-refractivity contribution in [2.45, 2.75) is 81.8 Å². The van der Waals surface area contributed by atoms with Crippen LogP contribution in [0, 0.1) is 0 Å². The number of H-pyrrole nitrogens is 1. The number of carbonyl (C=O) groups excluding carboxylic acids is 4. The molecule has 1 aromatic carbocycles. The van der Waals surface area contributed by atoms with E-state index in [-0.39, 0.29) is 31.6 Å². The first-order valence-corrected chi connectivity index (χ1v) is 17.7. The summed E-state index contributed by atoms with van der Waals surface area (Å²) in [4.78, 5) is 92.1. The predicted molar refractivity (Wildman–Crippen MR) is 188 cm³/mol. The fourth-order valence-electron chi connectivity index (χ4n) is 5.40. The summed E-state index contributed by atoms with van der Waals surface area (Å²) in [7, 11) is 1.41. The summed E-state index contributed by atoms with van der Waals surface area (Å²) in [5.74, 6) is -3.03. The first-order valence-electron chi connectivity index (χ1n) is 16.3. The third-order valence-electron chi connectivity index (χ3n) is 8.42. The van der Waals surface area contributed by atoms with Crippen LogP contribution in [0.3, 0.4) is 0 Å². The Bertz CT molecular complexity index is 1690. The van der Waals surface area contributed by atoms with Crippen LogP contribution >= 0.6 is 11.8 Å². The molecule has 1 fully saturated rings. The summed E-state index contributed by atoms with van der Waals surface area (Å²) < 4.78 is 6.80.